The number of allylic oxidation sites excluding steroid dienone is 8. The second-order valence-corrected chi connectivity index (χ2v) is 9.88. The van der Waals surface area contributed by atoms with Crippen LogP contribution in [0.2, 0.25) is 0 Å². The molecular formula is C28H29F5O3S. The van der Waals surface area contributed by atoms with Crippen LogP contribution in [0.5, 0.6) is 0 Å². The third-order valence-electron chi connectivity index (χ3n) is 6.06. The second kappa shape index (κ2) is 12.5. The SMILES string of the molecule is CC\C(C)=C/C(=C(\C=C\C(=C(/C)CC)c1c(F)c(F)c(F)c(F)c1F)CC)c1ccc(S(=O)(=O)O)cc1. The molecule has 1 N–H and O–H groups in total. The molecule has 9 heteroatoms. The van der Waals surface area contributed by atoms with Crippen LogP contribution in [0.25, 0.3) is 11.1 Å². The van der Waals surface area contributed by atoms with E-state index >= 15 is 0 Å². The number of halogens is 5. The highest BCUT2D eigenvalue weighted by atomic mass is 32.2. The first-order valence-corrected chi connectivity index (χ1v) is 13.1. The first-order chi connectivity index (χ1) is 17.3. The van der Waals surface area contributed by atoms with E-state index in [0.717, 1.165) is 5.57 Å². The molecule has 0 heterocycles. The van der Waals surface area contributed by atoms with E-state index in [1.54, 1.807) is 19.9 Å². The van der Waals surface area contributed by atoms with Crippen LogP contribution in [0.15, 0.2) is 64.1 Å². The molecule has 2 aromatic carbocycles. The van der Waals surface area contributed by atoms with Crippen molar-refractivity contribution in [2.45, 2.75) is 58.8 Å². The Morgan fingerprint density at radius 1 is 0.757 bits per heavy atom. The van der Waals surface area contributed by atoms with Gasteiger partial charge in [-0.2, -0.15) is 8.42 Å². The number of hydrogen-bond acceptors (Lipinski definition) is 2. The normalized spacial score (nSPS) is 14.2. The van der Waals surface area contributed by atoms with Crippen LogP contribution in [0.1, 0.15) is 65.0 Å². The van der Waals surface area contributed by atoms with Crippen molar-refractivity contribution in [3.05, 3.63) is 99.4 Å². The van der Waals surface area contributed by atoms with E-state index in [9.17, 15) is 34.9 Å². The Morgan fingerprint density at radius 3 is 1.70 bits per heavy atom. The monoisotopic (exact) mass is 540 g/mol. The molecule has 0 aliphatic rings. The van der Waals surface area contributed by atoms with Crippen LogP contribution in [0, 0.1) is 29.1 Å². The quantitative estimate of drug-likeness (QED) is 0.114. The van der Waals surface area contributed by atoms with Gasteiger partial charge in [0.25, 0.3) is 10.1 Å². The molecule has 0 saturated heterocycles. The van der Waals surface area contributed by atoms with E-state index in [1.807, 2.05) is 26.8 Å². The van der Waals surface area contributed by atoms with Crippen molar-refractivity contribution < 1.29 is 34.9 Å². The van der Waals surface area contributed by atoms with Crippen molar-refractivity contribution in [1.82, 2.24) is 0 Å². The van der Waals surface area contributed by atoms with Gasteiger partial charge < -0.3 is 0 Å². The molecule has 0 radical (unpaired) electrons. The zero-order chi connectivity index (χ0) is 28.1. The van der Waals surface area contributed by atoms with Gasteiger partial charge in [0.15, 0.2) is 23.3 Å². The lowest BCUT2D eigenvalue weighted by molar-refractivity contribution is 0.376. The fourth-order valence-corrected chi connectivity index (χ4v) is 4.05. The minimum absolute atomic E-state index is 0.126. The van der Waals surface area contributed by atoms with Crippen molar-refractivity contribution in [2.24, 2.45) is 0 Å². The molecule has 0 aromatic heterocycles. The molecule has 0 fully saturated rings. The second-order valence-electron chi connectivity index (χ2n) is 8.46. The van der Waals surface area contributed by atoms with Gasteiger partial charge in [-0.25, -0.2) is 22.0 Å². The maximum atomic E-state index is 14.7. The Balaban J connectivity index is 2.81. The predicted molar refractivity (Wildman–Crippen MR) is 136 cm³/mol. The van der Waals surface area contributed by atoms with Crippen molar-refractivity contribution in [1.29, 1.82) is 0 Å². The Kier molecular flexibility index (Phi) is 10.2. The topological polar surface area (TPSA) is 54.4 Å². The molecule has 2 rings (SSSR count). The van der Waals surface area contributed by atoms with Crippen molar-refractivity contribution >= 4 is 21.3 Å². The predicted octanol–water partition coefficient (Wildman–Crippen LogP) is 8.59. The van der Waals surface area contributed by atoms with Gasteiger partial charge in [-0.1, -0.05) is 62.3 Å². The van der Waals surface area contributed by atoms with Crippen LogP contribution >= 0.6 is 0 Å². The third-order valence-corrected chi connectivity index (χ3v) is 6.93. The van der Waals surface area contributed by atoms with Gasteiger partial charge in [-0.15, -0.1) is 0 Å². The molecule has 200 valence electrons. The summed E-state index contributed by atoms with van der Waals surface area (Å²) in [6.45, 7) is 8.91. The zero-order valence-electron chi connectivity index (χ0n) is 21.2. The van der Waals surface area contributed by atoms with Gasteiger partial charge in [0.05, 0.1) is 10.5 Å². The fourth-order valence-electron chi connectivity index (χ4n) is 3.57. The molecule has 0 saturated carbocycles. The largest absolute Gasteiger partial charge is 0.294 e. The molecule has 0 spiro atoms. The summed E-state index contributed by atoms with van der Waals surface area (Å²) < 4.78 is 103. The van der Waals surface area contributed by atoms with Gasteiger partial charge in [0, 0.05) is 0 Å². The highest BCUT2D eigenvalue weighted by molar-refractivity contribution is 7.85. The van der Waals surface area contributed by atoms with Crippen molar-refractivity contribution in [3.63, 3.8) is 0 Å². The molecule has 3 nitrogen and oxygen atoms in total. The molecule has 37 heavy (non-hydrogen) atoms. The third kappa shape index (κ3) is 6.84. The van der Waals surface area contributed by atoms with Crippen molar-refractivity contribution in [2.75, 3.05) is 0 Å². The maximum Gasteiger partial charge on any atom is 0.294 e. The molecule has 0 aliphatic carbocycles. The lowest BCUT2D eigenvalue weighted by atomic mass is 9.92. The molecule has 0 atom stereocenters. The summed E-state index contributed by atoms with van der Waals surface area (Å²) in [5.74, 6) is -10.1. The van der Waals surface area contributed by atoms with Crippen molar-refractivity contribution in [3.8, 4) is 0 Å². The minimum Gasteiger partial charge on any atom is -0.282 e. The van der Waals surface area contributed by atoms with Gasteiger partial charge in [-0.3, -0.25) is 4.55 Å². The van der Waals surface area contributed by atoms with Crippen LogP contribution in [-0.2, 0) is 10.1 Å². The Labute approximate surface area is 214 Å². The average Bonchev–Trinajstić information content (AvgIpc) is 2.88. The molecule has 0 amide bonds. The number of hydrogen-bond donors (Lipinski definition) is 1. The van der Waals surface area contributed by atoms with Crippen LogP contribution in [0.3, 0.4) is 0 Å². The Hall–Kier alpha value is -3.04. The van der Waals surface area contributed by atoms with Crippen LogP contribution in [-0.4, -0.2) is 13.0 Å². The fraction of sp³-hybridized carbons (Fsp3) is 0.286. The van der Waals surface area contributed by atoms with E-state index in [1.165, 1.54) is 30.3 Å². The van der Waals surface area contributed by atoms with E-state index < -0.39 is 44.8 Å². The number of benzene rings is 2. The summed E-state index contributed by atoms with van der Waals surface area (Å²) >= 11 is 0. The highest BCUT2D eigenvalue weighted by Crippen LogP contribution is 2.33. The van der Waals surface area contributed by atoms with E-state index in [-0.39, 0.29) is 10.5 Å². The smallest absolute Gasteiger partial charge is 0.282 e. The van der Waals surface area contributed by atoms with Gasteiger partial charge in [0.1, 0.15) is 0 Å². The van der Waals surface area contributed by atoms with E-state index in [4.69, 9.17) is 0 Å². The van der Waals surface area contributed by atoms with Gasteiger partial charge in [0.2, 0.25) is 5.82 Å². The maximum absolute atomic E-state index is 14.7. The number of rotatable bonds is 9. The zero-order valence-corrected chi connectivity index (χ0v) is 22.0. The highest BCUT2D eigenvalue weighted by Gasteiger charge is 2.27. The minimum atomic E-state index is -4.39. The molecule has 0 aliphatic heterocycles. The first-order valence-electron chi connectivity index (χ1n) is 11.7. The molecule has 2 aromatic rings. The summed E-state index contributed by atoms with van der Waals surface area (Å²) in [6.07, 6.45) is 6.19. The summed E-state index contributed by atoms with van der Waals surface area (Å²) in [6, 6.07) is 5.52. The van der Waals surface area contributed by atoms with Crippen LogP contribution in [0.4, 0.5) is 22.0 Å². The standard InChI is InChI=1S/C28H29F5O3S/c1-6-16(4)15-22(19-9-12-20(13-10-19)37(34,35)36)18(8-3)11-14-21(17(5)7-2)23-24(29)26(31)28(33)27(32)25(23)30/h9-15H,6-8H2,1-5H3,(H,34,35,36)/b14-11+,16-15-,21-17-,22-18+. The van der Waals surface area contributed by atoms with Crippen LogP contribution < -0.4 is 0 Å². The summed E-state index contributed by atoms with van der Waals surface area (Å²) in [7, 11) is -4.39. The average molecular weight is 541 g/mol. The van der Waals surface area contributed by atoms with Gasteiger partial charge in [-0.05, 0) is 67.5 Å². The first kappa shape index (κ1) is 30.2. The van der Waals surface area contributed by atoms with E-state index in [2.05, 4.69) is 0 Å². The summed E-state index contributed by atoms with van der Waals surface area (Å²) in [5.41, 5.74) is 2.21. The van der Waals surface area contributed by atoms with Gasteiger partial charge >= 0.3 is 0 Å². The Bertz CT molecular complexity index is 1370. The molecule has 0 bridgehead atoms. The summed E-state index contributed by atoms with van der Waals surface area (Å²) in [5, 5.41) is 0. The van der Waals surface area contributed by atoms with E-state index in [0.29, 0.717) is 41.5 Å². The Morgan fingerprint density at radius 2 is 1.27 bits per heavy atom. The summed E-state index contributed by atoms with van der Waals surface area (Å²) in [4.78, 5) is -0.282. The molecule has 0 unspecified atom stereocenters. The lowest BCUT2D eigenvalue weighted by Gasteiger charge is -2.14. The molecular weight excluding hydrogens is 511 g/mol. The lowest BCUT2D eigenvalue weighted by Crippen LogP contribution is -2.07.